The highest BCUT2D eigenvalue weighted by atomic mass is 19.1. The molecule has 2 aromatic carbocycles. The molecule has 0 N–H and O–H groups in total. The fraction of sp³-hybridized carbons (Fsp3) is 0.314. The standard InChI is InChI=1S/C31H27F.2C2H6/c1-17-5-10-21(11-6-17)27-20(4)28(22-12-7-18(2)8-13-22)31-24-15-16-25(32)26-19(3)9-14-23(29(24)26)30(27)31;2*1-2/h5-7,10-12,14-16,19H,4,8-9,13H2,1-3H3;2*1-2H3. The first-order valence-corrected chi connectivity index (χ1v) is 13.6. The second-order valence-electron chi connectivity index (χ2n) is 9.69. The highest BCUT2D eigenvalue weighted by Gasteiger charge is 2.42. The highest BCUT2D eigenvalue weighted by molar-refractivity contribution is 6.23. The number of hydrogen-bond donors (Lipinski definition) is 0. The molecule has 0 aromatic heterocycles. The van der Waals surface area contributed by atoms with Crippen molar-refractivity contribution in [2.24, 2.45) is 0 Å². The maximum atomic E-state index is 15.0. The van der Waals surface area contributed by atoms with Gasteiger partial charge in [0.25, 0.3) is 0 Å². The highest BCUT2D eigenvalue weighted by Crippen LogP contribution is 2.61. The molecular formula is C35H39F. The van der Waals surface area contributed by atoms with E-state index in [1.54, 1.807) is 6.07 Å². The van der Waals surface area contributed by atoms with Crippen molar-refractivity contribution in [1.29, 1.82) is 0 Å². The minimum absolute atomic E-state index is 0.0734. The zero-order chi connectivity index (χ0) is 26.1. The fourth-order valence-corrected chi connectivity index (χ4v) is 5.87. The maximum absolute atomic E-state index is 15.0. The van der Waals surface area contributed by atoms with Gasteiger partial charge >= 0.3 is 0 Å². The molecule has 0 spiro atoms. The molecule has 4 aliphatic carbocycles. The smallest absolute Gasteiger partial charge is 0.127 e. The average molecular weight is 479 g/mol. The Balaban J connectivity index is 0.000000726. The zero-order valence-corrected chi connectivity index (χ0v) is 23.0. The zero-order valence-electron chi connectivity index (χ0n) is 23.0. The number of benzene rings is 2. The molecule has 0 aliphatic heterocycles. The van der Waals surface area contributed by atoms with E-state index in [-0.39, 0.29) is 11.7 Å². The van der Waals surface area contributed by atoms with E-state index < -0.39 is 0 Å². The topological polar surface area (TPSA) is 0 Å². The van der Waals surface area contributed by atoms with Crippen molar-refractivity contribution in [3.8, 4) is 0 Å². The molecule has 1 atom stereocenters. The lowest BCUT2D eigenvalue weighted by molar-refractivity contribution is 0.587. The largest absolute Gasteiger partial charge is 0.207 e. The summed E-state index contributed by atoms with van der Waals surface area (Å²) in [5, 5.41) is 0. The van der Waals surface area contributed by atoms with Crippen LogP contribution in [0.4, 0.5) is 4.39 Å². The minimum Gasteiger partial charge on any atom is -0.207 e. The number of fused-ring (bicyclic) bond motifs is 3. The number of halogens is 1. The quantitative estimate of drug-likeness (QED) is 0.403. The first-order chi connectivity index (χ1) is 17.5. The van der Waals surface area contributed by atoms with Gasteiger partial charge < -0.3 is 0 Å². The summed E-state index contributed by atoms with van der Waals surface area (Å²) in [7, 11) is 0. The van der Waals surface area contributed by atoms with Crippen molar-refractivity contribution < 1.29 is 4.39 Å². The Bertz CT molecular complexity index is 1370. The molecule has 1 unspecified atom stereocenters. The first kappa shape index (κ1) is 25.9. The van der Waals surface area contributed by atoms with E-state index in [9.17, 15) is 0 Å². The van der Waals surface area contributed by atoms with Crippen LogP contribution < -0.4 is 0 Å². The third-order valence-corrected chi connectivity index (χ3v) is 7.54. The molecular weight excluding hydrogens is 439 g/mol. The Morgan fingerprint density at radius 1 is 0.806 bits per heavy atom. The van der Waals surface area contributed by atoms with Crippen LogP contribution in [0.3, 0.4) is 0 Å². The summed E-state index contributed by atoms with van der Waals surface area (Å²) in [6, 6.07) is 12.4. The fourth-order valence-electron chi connectivity index (χ4n) is 5.87. The van der Waals surface area contributed by atoms with Crippen LogP contribution in [-0.4, -0.2) is 0 Å². The molecule has 0 amide bonds. The van der Waals surface area contributed by atoms with Gasteiger partial charge in [0, 0.05) is 0 Å². The van der Waals surface area contributed by atoms with Crippen LogP contribution in [0.2, 0.25) is 0 Å². The molecule has 0 heterocycles. The third-order valence-electron chi connectivity index (χ3n) is 7.54. The number of allylic oxidation sites excluding steroid dienone is 11. The van der Waals surface area contributed by atoms with E-state index in [0.29, 0.717) is 0 Å². The Labute approximate surface area is 217 Å². The Hall–Kier alpha value is -3.19. The lowest BCUT2D eigenvalue weighted by Crippen LogP contribution is -2.07. The van der Waals surface area contributed by atoms with Crippen LogP contribution in [0.5, 0.6) is 0 Å². The number of hydrogen-bond acceptors (Lipinski definition) is 0. The van der Waals surface area contributed by atoms with Crippen LogP contribution in [0, 0.1) is 12.7 Å². The number of aryl methyl sites for hydroxylation is 1. The number of rotatable bonds is 2. The van der Waals surface area contributed by atoms with Gasteiger partial charge in [-0.25, -0.2) is 4.39 Å². The van der Waals surface area contributed by atoms with Crippen molar-refractivity contribution in [3.63, 3.8) is 0 Å². The van der Waals surface area contributed by atoms with Crippen LogP contribution in [0.25, 0.3) is 16.7 Å². The molecule has 0 fully saturated rings. The molecule has 4 aliphatic rings. The lowest BCUT2D eigenvalue weighted by atomic mass is 9.81. The van der Waals surface area contributed by atoms with Crippen molar-refractivity contribution in [2.45, 2.75) is 73.6 Å². The van der Waals surface area contributed by atoms with Gasteiger partial charge in [-0.1, -0.05) is 101 Å². The van der Waals surface area contributed by atoms with Gasteiger partial charge in [0.15, 0.2) is 0 Å². The van der Waals surface area contributed by atoms with E-state index in [0.717, 1.165) is 36.0 Å². The van der Waals surface area contributed by atoms with Crippen molar-refractivity contribution in [2.75, 3.05) is 0 Å². The molecule has 0 nitrogen and oxygen atoms in total. The van der Waals surface area contributed by atoms with Gasteiger partial charge in [-0.15, -0.1) is 0 Å². The van der Waals surface area contributed by atoms with Crippen LogP contribution >= 0.6 is 0 Å². The van der Waals surface area contributed by atoms with Crippen LogP contribution in [0.15, 0.2) is 89.1 Å². The Morgan fingerprint density at radius 3 is 2.14 bits per heavy atom. The van der Waals surface area contributed by atoms with Crippen LogP contribution in [-0.2, 0) is 0 Å². The van der Waals surface area contributed by atoms with E-state index in [1.165, 1.54) is 55.7 Å². The maximum Gasteiger partial charge on any atom is 0.127 e. The second kappa shape index (κ2) is 10.4. The molecule has 0 radical (unpaired) electrons. The normalized spacial score (nSPS) is 19.4. The third kappa shape index (κ3) is 3.99. The van der Waals surface area contributed by atoms with Crippen molar-refractivity contribution in [3.05, 3.63) is 123 Å². The molecule has 0 saturated heterocycles. The minimum atomic E-state index is -0.0734. The monoisotopic (exact) mass is 478 g/mol. The lowest BCUT2D eigenvalue weighted by Gasteiger charge is -2.23. The predicted octanol–water partition coefficient (Wildman–Crippen LogP) is 10.5. The van der Waals surface area contributed by atoms with E-state index >= 15 is 4.39 Å². The summed E-state index contributed by atoms with van der Waals surface area (Å²) in [4.78, 5) is 0. The summed E-state index contributed by atoms with van der Waals surface area (Å²) in [5.74, 6) is 0.124. The summed E-state index contributed by atoms with van der Waals surface area (Å²) in [6.07, 6.45) is 9.82. The van der Waals surface area contributed by atoms with Gasteiger partial charge in [-0.2, -0.15) is 0 Å². The van der Waals surface area contributed by atoms with E-state index in [1.807, 2.05) is 33.8 Å². The van der Waals surface area contributed by atoms with Gasteiger partial charge in [-0.05, 0) is 106 Å². The van der Waals surface area contributed by atoms with Crippen LogP contribution in [0.1, 0.15) is 94.5 Å². The van der Waals surface area contributed by atoms with Gasteiger partial charge in [0.05, 0.1) is 0 Å². The average Bonchev–Trinajstić information content (AvgIpc) is 3.37. The molecule has 6 rings (SSSR count). The van der Waals surface area contributed by atoms with Crippen molar-refractivity contribution >= 4 is 16.7 Å². The predicted molar refractivity (Wildman–Crippen MR) is 155 cm³/mol. The summed E-state index contributed by atoms with van der Waals surface area (Å²) in [5.41, 5.74) is 15.7. The molecule has 1 heteroatoms. The first-order valence-electron chi connectivity index (χ1n) is 13.6. The Morgan fingerprint density at radius 2 is 1.50 bits per heavy atom. The molecule has 0 saturated carbocycles. The summed E-state index contributed by atoms with van der Waals surface area (Å²) < 4.78 is 15.0. The van der Waals surface area contributed by atoms with Gasteiger partial charge in [0.1, 0.15) is 5.82 Å². The molecule has 0 bridgehead atoms. The SMILES string of the molecule is C=C1C(C2=CC=C(C)CC2)=C2C(=C1c1ccc(C)cc1)C1=CCC(C)c3c(F)ccc2c31.CC.CC. The Kier molecular flexibility index (Phi) is 7.50. The second-order valence-corrected chi connectivity index (χ2v) is 9.69. The van der Waals surface area contributed by atoms with E-state index in [4.69, 9.17) is 0 Å². The summed E-state index contributed by atoms with van der Waals surface area (Å²) >= 11 is 0. The molecule has 36 heavy (non-hydrogen) atoms. The molecule has 186 valence electrons. The molecule has 2 aromatic rings. The van der Waals surface area contributed by atoms with E-state index in [2.05, 4.69) is 69.8 Å². The summed E-state index contributed by atoms with van der Waals surface area (Å²) in [6.45, 7) is 19.1. The van der Waals surface area contributed by atoms with Crippen molar-refractivity contribution in [1.82, 2.24) is 0 Å². The van der Waals surface area contributed by atoms with Gasteiger partial charge in [-0.3, -0.25) is 0 Å². The van der Waals surface area contributed by atoms with Gasteiger partial charge in [0.2, 0.25) is 0 Å².